The van der Waals surface area contributed by atoms with Crippen molar-refractivity contribution in [3.8, 4) is 0 Å². The molecule has 1 rings (SSSR count). The smallest absolute Gasteiger partial charge is 0.211 e. The van der Waals surface area contributed by atoms with Gasteiger partial charge in [-0.05, 0) is 12.3 Å². The monoisotopic (exact) mass is 279 g/mol. The first kappa shape index (κ1) is 9.95. The van der Waals surface area contributed by atoms with E-state index in [-0.39, 0.29) is 0 Å². The SMILES string of the molecule is CC(C)CCc1nc(I)nn1C. The van der Waals surface area contributed by atoms with Crippen LogP contribution in [0.15, 0.2) is 0 Å². The Morgan fingerprint density at radius 3 is 2.58 bits per heavy atom. The molecule has 68 valence electrons. The summed E-state index contributed by atoms with van der Waals surface area (Å²) in [6.07, 6.45) is 2.22. The lowest BCUT2D eigenvalue weighted by Crippen LogP contribution is -2.01. The molecule has 3 nitrogen and oxygen atoms in total. The molecule has 1 heterocycles. The minimum atomic E-state index is 0.736. The number of rotatable bonds is 3. The second-order valence-corrected chi connectivity index (χ2v) is 4.32. The molecule has 4 heteroatoms. The van der Waals surface area contributed by atoms with Crippen molar-refractivity contribution in [2.24, 2.45) is 13.0 Å². The third-order valence-electron chi connectivity index (χ3n) is 1.77. The van der Waals surface area contributed by atoms with Gasteiger partial charge in [0.15, 0.2) is 0 Å². The molecule has 0 saturated heterocycles. The molecule has 0 spiro atoms. The van der Waals surface area contributed by atoms with E-state index in [1.165, 1.54) is 6.42 Å². The molecule has 0 radical (unpaired) electrons. The molecule has 0 fully saturated rings. The van der Waals surface area contributed by atoms with Crippen LogP contribution >= 0.6 is 22.6 Å². The lowest BCUT2D eigenvalue weighted by atomic mass is 10.1. The topological polar surface area (TPSA) is 30.7 Å². The van der Waals surface area contributed by atoms with Crippen LogP contribution in [0.25, 0.3) is 0 Å². The molecule has 0 aliphatic heterocycles. The summed E-state index contributed by atoms with van der Waals surface area (Å²) in [4.78, 5) is 4.32. The molecule has 0 N–H and O–H groups in total. The van der Waals surface area contributed by atoms with Crippen LogP contribution in [0.5, 0.6) is 0 Å². The molecule has 0 bridgehead atoms. The van der Waals surface area contributed by atoms with Crippen molar-refractivity contribution in [2.45, 2.75) is 26.7 Å². The first-order valence-electron chi connectivity index (χ1n) is 4.15. The van der Waals surface area contributed by atoms with E-state index in [1.54, 1.807) is 0 Å². The molecule has 0 amide bonds. The zero-order valence-corrected chi connectivity index (χ0v) is 9.87. The molecule has 0 unspecified atom stereocenters. The largest absolute Gasteiger partial charge is 0.252 e. The maximum Gasteiger partial charge on any atom is 0.211 e. The standard InChI is InChI=1S/C8H14IN3/c1-6(2)4-5-7-10-8(9)11-12(7)3/h6H,4-5H2,1-3H3. The van der Waals surface area contributed by atoms with Gasteiger partial charge in [0.1, 0.15) is 5.82 Å². The summed E-state index contributed by atoms with van der Waals surface area (Å²) in [6.45, 7) is 4.45. The van der Waals surface area contributed by atoms with Crippen molar-refractivity contribution in [2.75, 3.05) is 0 Å². The highest BCUT2D eigenvalue weighted by molar-refractivity contribution is 14.1. The zero-order chi connectivity index (χ0) is 9.14. The fourth-order valence-corrected chi connectivity index (χ4v) is 1.62. The first-order chi connectivity index (χ1) is 5.59. The second kappa shape index (κ2) is 4.20. The van der Waals surface area contributed by atoms with Crippen LogP contribution in [0.1, 0.15) is 26.1 Å². The average Bonchev–Trinajstić information content (AvgIpc) is 2.26. The van der Waals surface area contributed by atoms with Crippen molar-refractivity contribution >= 4 is 22.6 Å². The predicted molar refractivity (Wildman–Crippen MR) is 56.9 cm³/mol. The number of hydrogen-bond acceptors (Lipinski definition) is 2. The number of halogens is 1. The number of nitrogens with zero attached hydrogens (tertiary/aromatic N) is 3. The molecular weight excluding hydrogens is 265 g/mol. The Bertz CT molecular complexity index is 255. The van der Waals surface area contributed by atoms with Gasteiger partial charge < -0.3 is 0 Å². The van der Waals surface area contributed by atoms with E-state index in [0.717, 1.165) is 22.0 Å². The van der Waals surface area contributed by atoms with Crippen molar-refractivity contribution in [3.05, 3.63) is 9.66 Å². The van der Waals surface area contributed by atoms with Gasteiger partial charge in [0.2, 0.25) is 3.83 Å². The number of aromatic nitrogens is 3. The van der Waals surface area contributed by atoms with E-state index in [2.05, 4.69) is 46.5 Å². The van der Waals surface area contributed by atoms with Gasteiger partial charge in [0.25, 0.3) is 0 Å². The molecule has 12 heavy (non-hydrogen) atoms. The van der Waals surface area contributed by atoms with Crippen LogP contribution in [-0.4, -0.2) is 14.8 Å². The Hall–Kier alpha value is -0.130. The van der Waals surface area contributed by atoms with Gasteiger partial charge in [0.05, 0.1) is 0 Å². The molecular formula is C8H14IN3. The summed E-state index contributed by atoms with van der Waals surface area (Å²) in [5.74, 6) is 1.83. The van der Waals surface area contributed by atoms with E-state index in [0.29, 0.717) is 0 Å². The van der Waals surface area contributed by atoms with Gasteiger partial charge in [-0.3, -0.25) is 4.68 Å². The molecule has 0 aliphatic rings. The van der Waals surface area contributed by atoms with Crippen LogP contribution in [-0.2, 0) is 13.5 Å². The maximum absolute atomic E-state index is 4.32. The molecule has 0 atom stereocenters. The predicted octanol–water partition coefficient (Wildman–Crippen LogP) is 2.01. The summed E-state index contributed by atoms with van der Waals surface area (Å²) in [7, 11) is 1.95. The molecule has 0 aliphatic carbocycles. The molecule has 0 aromatic carbocycles. The Kier molecular flexibility index (Phi) is 3.49. The minimum absolute atomic E-state index is 0.736. The number of aryl methyl sites for hydroxylation is 2. The van der Waals surface area contributed by atoms with E-state index < -0.39 is 0 Å². The maximum atomic E-state index is 4.32. The van der Waals surface area contributed by atoms with Crippen LogP contribution in [0, 0.1) is 9.75 Å². The van der Waals surface area contributed by atoms with Gasteiger partial charge >= 0.3 is 0 Å². The lowest BCUT2D eigenvalue weighted by Gasteiger charge is -2.02. The third kappa shape index (κ3) is 2.73. The highest BCUT2D eigenvalue weighted by atomic mass is 127. The van der Waals surface area contributed by atoms with E-state index in [9.17, 15) is 0 Å². The second-order valence-electron chi connectivity index (χ2n) is 3.35. The van der Waals surface area contributed by atoms with Gasteiger partial charge in [-0.2, -0.15) is 0 Å². The minimum Gasteiger partial charge on any atom is -0.252 e. The van der Waals surface area contributed by atoms with Crippen LogP contribution in [0.2, 0.25) is 0 Å². The van der Waals surface area contributed by atoms with Crippen molar-refractivity contribution < 1.29 is 0 Å². The highest BCUT2D eigenvalue weighted by Crippen LogP contribution is 2.07. The summed E-state index contributed by atoms with van der Waals surface area (Å²) in [6, 6.07) is 0. The average molecular weight is 279 g/mol. The quantitative estimate of drug-likeness (QED) is 0.792. The number of hydrogen-bond donors (Lipinski definition) is 0. The fraction of sp³-hybridized carbons (Fsp3) is 0.750. The van der Waals surface area contributed by atoms with Crippen molar-refractivity contribution in [3.63, 3.8) is 0 Å². The molecule has 1 aromatic rings. The summed E-state index contributed by atoms with van der Waals surface area (Å²) >= 11 is 2.14. The third-order valence-corrected chi connectivity index (χ3v) is 2.23. The molecule has 1 aromatic heterocycles. The highest BCUT2D eigenvalue weighted by Gasteiger charge is 2.04. The fourth-order valence-electron chi connectivity index (χ4n) is 1.02. The summed E-state index contributed by atoms with van der Waals surface area (Å²) in [5.41, 5.74) is 0. The Morgan fingerprint density at radius 1 is 1.50 bits per heavy atom. The van der Waals surface area contributed by atoms with Crippen LogP contribution in [0.3, 0.4) is 0 Å². The Labute approximate surface area is 86.7 Å². The van der Waals surface area contributed by atoms with E-state index in [4.69, 9.17) is 0 Å². The van der Waals surface area contributed by atoms with Gasteiger partial charge in [-0.25, -0.2) is 4.98 Å². The van der Waals surface area contributed by atoms with Crippen LogP contribution in [0.4, 0.5) is 0 Å². The summed E-state index contributed by atoms with van der Waals surface area (Å²) < 4.78 is 2.71. The molecule has 0 saturated carbocycles. The Balaban J connectivity index is 2.57. The normalized spacial score (nSPS) is 11.1. The Morgan fingerprint density at radius 2 is 2.17 bits per heavy atom. The summed E-state index contributed by atoms with van der Waals surface area (Å²) in [5, 5.41) is 4.18. The van der Waals surface area contributed by atoms with Gasteiger partial charge in [0, 0.05) is 36.1 Å². The van der Waals surface area contributed by atoms with Gasteiger partial charge in [-0.1, -0.05) is 13.8 Å². The van der Waals surface area contributed by atoms with Crippen molar-refractivity contribution in [1.29, 1.82) is 0 Å². The van der Waals surface area contributed by atoms with Crippen LogP contribution < -0.4 is 0 Å². The van der Waals surface area contributed by atoms with Gasteiger partial charge in [-0.15, -0.1) is 5.10 Å². The lowest BCUT2D eigenvalue weighted by molar-refractivity contribution is 0.558. The van der Waals surface area contributed by atoms with E-state index >= 15 is 0 Å². The first-order valence-corrected chi connectivity index (χ1v) is 5.23. The van der Waals surface area contributed by atoms with E-state index in [1.807, 2.05) is 11.7 Å². The zero-order valence-electron chi connectivity index (χ0n) is 7.71. The van der Waals surface area contributed by atoms with Crippen molar-refractivity contribution in [1.82, 2.24) is 14.8 Å².